The van der Waals surface area contributed by atoms with Crippen LogP contribution in [0.1, 0.15) is 18.9 Å². The fraction of sp³-hybridized carbons (Fsp3) is 0.167. The summed E-state index contributed by atoms with van der Waals surface area (Å²) in [6.07, 6.45) is 9.08. The van der Waals surface area contributed by atoms with Crippen molar-refractivity contribution < 1.29 is 14.3 Å². The van der Waals surface area contributed by atoms with Crippen LogP contribution in [0.15, 0.2) is 73.1 Å². The number of pyridine rings is 1. The zero-order valence-electron chi connectivity index (χ0n) is 16.2. The predicted molar refractivity (Wildman–Crippen MR) is 113 cm³/mol. The Labute approximate surface area is 170 Å². The highest BCUT2D eigenvalue weighted by atomic mass is 16.5. The van der Waals surface area contributed by atoms with Gasteiger partial charge in [0.1, 0.15) is 17.2 Å². The van der Waals surface area contributed by atoms with Crippen LogP contribution in [0.4, 0.5) is 5.69 Å². The van der Waals surface area contributed by atoms with Crippen molar-refractivity contribution in [2.45, 2.75) is 19.9 Å². The second-order valence-electron chi connectivity index (χ2n) is 6.27. The van der Waals surface area contributed by atoms with E-state index in [9.17, 15) is 4.79 Å². The summed E-state index contributed by atoms with van der Waals surface area (Å²) < 4.78 is 11.8. The third-order valence-corrected chi connectivity index (χ3v) is 4.21. The maximum atomic E-state index is 12.5. The van der Waals surface area contributed by atoms with Crippen molar-refractivity contribution in [2.24, 2.45) is 0 Å². The second kappa shape index (κ2) is 9.95. The Bertz CT molecular complexity index is 996. The molecule has 3 rings (SSSR count). The molecule has 0 spiro atoms. The fourth-order valence-electron chi connectivity index (χ4n) is 2.81. The number of benzene rings is 2. The van der Waals surface area contributed by atoms with Gasteiger partial charge in [0.2, 0.25) is 5.91 Å². The van der Waals surface area contributed by atoms with Crippen LogP contribution in [0.5, 0.6) is 17.2 Å². The summed E-state index contributed by atoms with van der Waals surface area (Å²) in [6, 6.07) is 18.8. The molecule has 0 radical (unpaired) electrons. The van der Waals surface area contributed by atoms with Crippen molar-refractivity contribution in [1.82, 2.24) is 4.98 Å². The van der Waals surface area contributed by atoms with Gasteiger partial charge in [-0.15, -0.1) is 12.3 Å². The lowest BCUT2D eigenvalue weighted by Gasteiger charge is -2.24. The summed E-state index contributed by atoms with van der Waals surface area (Å²) in [7, 11) is 0. The summed E-state index contributed by atoms with van der Waals surface area (Å²) in [5.74, 6) is 4.36. The molecule has 3 aromatic rings. The van der Waals surface area contributed by atoms with Crippen molar-refractivity contribution >= 4 is 11.6 Å². The molecule has 0 saturated carbocycles. The van der Waals surface area contributed by atoms with Crippen molar-refractivity contribution in [1.29, 1.82) is 0 Å². The highest BCUT2D eigenvalue weighted by Crippen LogP contribution is 2.33. The van der Waals surface area contributed by atoms with Crippen LogP contribution in [-0.4, -0.2) is 17.5 Å². The molecule has 146 valence electrons. The number of carbonyl (C=O) groups is 1. The number of aromatic nitrogens is 1. The Hall–Kier alpha value is -3.78. The van der Waals surface area contributed by atoms with Gasteiger partial charge in [0.05, 0.1) is 19.3 Å². The molecule has 0 N–H and O–H groups in total. The van der Waals surface area contributed by atoms with Gasteiger partial charge in [-0.3, -0.25) is 9.78 Å². The zero-order valence-corrected chi connectivity index (χ0v) is 16.2. The summed E-state index contributed by atoms with van der Waals surface area (Å²) in [5.41, 5.74) is 1.46. The lowest BCUT2D eigenvalue weighted by atomic mass is 10.1. The Kier molecular flexibility index (Phi) is 6.85. The first kappa shape index (κ1) is 20.0. The van der Waals surface area contributed by atoms with Crippen LogP contribution in [0.25, 0.3) is 0 Å². The predicted octanol–water partition coefficient (Wildman–Crippen LogP) is 4.83. The molecule has 0 aliphatic carbocycles. The van der Waals surface area contributed by atoms with Gasteiger partial charge in [0.15, 0.2) is 5.75 Å². The summed E-state index contributed by atoms with van der Waals surface area (Å²) in [5, 5.41) is 0. The van der Waals surface area contributed by atoms with Gasteiger partial charge in [-0.25, -0.2) is 0 Å². The van der Waals surface area contributed by atoms with E-state index in [-0.39, 0.29) is 5.91 Å². The molecule has 1 amide bonds. The Morgan fingerprint density at radius 1 is 1.07 bits per heavy atom. The number of amides is 1. The first-order valence-electron chi connectivity index (χ1n) is 9.28. The van der Waals surface area contributed by atoms with E-state index >= 15 is 0 Å². The molecule has 5 heteroatoms. The maximum Gasteiger partial charge on any atom is 0.224 e. The molecule has 0 unspecified atom stereocenters. The quantitative estimate of drug-likeness (QED) is 0.411. The molecule has 1 heterocycles. The van der Waals surface area contributed by atoms with Gasteiger partial charge in [0, 0.05) is 31.2 Å². The van der Waals surface area contributed by atoms with Gasteiger partial charge in [-0.2, -0.15) is 0 Å². The first-order valence-corrected chi connectivity index (χ1v) is 9.28. The van der Waals surface area contributed by atoms with Gasteiger partial charge < -0.3 is 14.4 Å². The second-order valence-corrected chi connectivity index (χ2v) is 6.27. The van der Waals surface area contributed by atoms with Crippen LogP contribution >= 0.6 is 0 Å². The highest BCUT2D eigenvalue weighted by Gasteiger charge is 2.19. The average molecular weight is 386 g/mol. The number of rotatable bonds is 8. The van der Waals surface area contributed by atoms with E-state index in [1.807, 2.05) is 54.6 Å². The lowest BCUT2D eigenvalue weighted by molar-refractivity contribution is -0.116. The molecule has 29 heavy (non-hydrogen) atoms. The minimum absolute atomic E-state index is 0.130. The molecule has 0 atom stereocenters. The Morgan fingerprint density at radius 2 is 1.83 bits per heavy atom. The summed E-state index contributed by atoms with van der Waals surface area (Å²) >= 11 is 0. The Balaban J connectivity index is 1.89. The number of anilines is 1. The molecule has 0 fully saturated rings. The molecule has 0 bridgehead atoms. The molecular formula is C24H22N2O3. The summed E-state index contributed by atoms with van der Waals surface area (Å²) in [4.78, 5) is 18.3. The fourth-order valence-corrected chi connectivity index (χ4v) is 2.81. The van der Waals surface area contributed by atoms with E-state index in [4.69, 9.17) is 15.9 Å². The largest absolute Gasteiger partial charge is 0.492 e. The Morgan fingerprint density at radius 3 is 2.59 bits per heavy atom. The SMILES string of the molecule is C#CCCOc1ccccc1CN(C(C)=O)c1cnccc1Oc1ccccc1. The number of para-hydroxylation sites is 2. The lowest BCUT2D eigenvalue weighted by Crippen LogP contribution is -2.28. The third-order valence-electron chi connectivity index (χ3n) is 4.21. The number of carbonyl (C=O) groups excluding carboxylic acids is 1. The summed E-state index contributed by atoms with van der Waals surface area (Å²) in [6.45, 7) is 2.25. The zero-order chi connectivity index (χ0) is 20.5. The van der Waals surface area contributed by atoms with E-state index in [1.54, 1.807) is 23.4 Å². The van der Waals surface area contributed by atoms with Crippen LogP contribution in [0, 0.1) is 12.3 Å². The van der Waals surface area contributed by atoms with Crippen molar-refractivity contribution in [3.63, 3.8) is 0 Å². The maximum absolute atomic E-state index is 12.5. The van der Waals surface area contributed by atoms with Crippen LogP contribution in [0.3, 0.4) is 0 Å². The molecule has 5 nitrogen and oxygen atoms in total. The van der Waals surface area contributed by atoms with Gasteiger partial charge in [0.25, 0.3) is 0 Å². The molecule has 1 aromatic heterocycles. The smallest absolute Gasteiger partial charge is 0.224 e. The standard InChI is InChI=1S/C24H22N2O3/c1-3-4-16-28-23-13-9-8-10-20(23)18-26(19(2)27)22-17-25-15-14-24(22)29-21-11-6-5-7-12-21/h1,5-15,17H,4,16,18H2,2H3. The number of hydrogen-bond donors (Lipinski definition) is 0. The number of nitrogens with zero attached hydrogens (tertiary/aromatic N) is 2. The van der Waals surface area contributed by atoms with Crippen molar-refractivity contribution in [3.05, 3.63) is 78.6 Å². The van der Waals surface area contributed by atoms with E-state index in [2.05, 4.69) is 10.9 Å². The van der Waals surface area contributed by atoms with E-state index in [0.29, 0.717) is 42.5 Å². The van der Waals surface area contributed by atoms with E-state index in [1.165, 1.54) is 6.92 Å². The number of hydrogen-bond acceptors (Lipinski definition) is 4. The van der Waals surface area contributed by atoms with Crippen LogP contribution in [-0.2, 0) is 11.3 Å². The van der Waals surface area contributed by atoms with E-state index in [0.717, 1.165) is 5.56 Å². The van der Waals surface area contributed by atoms with Crippen molar-refractivity contribution in [3.8, 4) is 29.6 Å². The molecular weight excluding hydrogens is 364 g/mol. The third kappa shape index (κ3) is 5.36. The molecule has 2 aromatic carbocycles. The number of terminal acetylenes is 1. The van der Waals surface area contributed by atoms with Gasteiger partial charge in [-0.05, 0) is 18.2 Å². The first-order chi connectivity index (χ1) is 14.2. The van der Waals surface area contributed by atoms with Gasteiger partial charge >= 0.3 is 0 Å². The topological polar surface area (TPSA) is 51.7 Å². The molecule has 0 saturated heterocycles. The average Bonchev–Trinajstić information content (AvgIpc) is 2.74. The van der Waals surface area contributed by atoms with Crippen molar-refractivity contribution in [2.75, 3.05) is 11.5 Å². The molecule has 0 aliphatic rings. The number of ether oxygens (including phenoxy) is 2. The van der Waals surface area contributed by atoms with E-state index < -0.39 is 0 Å². The van der Waals surface area contributed by atoms with Crippen LogP contribution in [0.2, 0.25) is 0 Å². The molecule has 0 aliphatic heterocycles. The van der Waals surface area contributed by atoms with Crippen LogP contribution < -0.4 is 14.4 Å². The highest BCUT2D eigenvalue weighted by molar-refractivity contribution is 5.93. The monoisotopic (exact) mass is 386 g/mol. The van der Waals surface area contributed by atoms with Gasteiger partial charge in [-0.1, -0.05) is 36.4 Å². The normalized spacial score (nSPS) is 10.1. The minimum atomic E-state index is -0.130. The minimum Gasteiger partial charge on any atom is -0.492 e.